The van der Waals surface area contributed by atoms with E-state index in [2.05, 4.69) is 11.7 Å². The Bertz CT molecular complexity index is 147. The SMILES string of the molecule is NNC(=O)/C=C/C(=O)NN. The molecule has 0 aromatic carbocycles. The molecule has 0 unspecified atom stereocenters. The molecule has 0 aromatic heterocycles. The molecule has 0 aliphatic rings. The average molecular weight is 144 g/mol. The fourth-order valence-corrected chi connectivity index (χ4v) is 0.248. The molecule has 0 heterocycles. The normalized spacial score (nSPS) is 9.40. The molecule has 0 bridgehead atoms. The van der Waals surface area contributed by atoms with Crippen LogP contribution in [0.2, 0.25) is 0 Å². The zero-order valence-corrected chi connectivity index (χ0v) is 5.13. The maximum atomic E-state index is 10.3. The van der Waals surface area contributed by atoms with Gasteiger partial charge in [-0.05, 0) is 0 Å². The van der Waals surface area contributed by atoms with Crippen molar-refractivity contribution in [2.45, 2.75) is 0 Å². The summed E-state index contributed by atoms with van der Waals surface area (Å²) in [4.78, 5) is 20.6. The van der Waals surface area contributed by atoms with Gasteiger partial charge < -0.3 is 0 Å². The van der Waals surface area contributed by atoms with E-state index in [1.807, 2.05) is 0 Å². The first-order valence-corrected chi connectivity index (χ1v) is 2.40. The summed E-state index contributed by atoms with van der Waals surface area (Å²) < 4.78 is 0. The zero-order chi connectivity index (χ0) is 7.98. The molecule has 10 heavy (non-hydrogen) atoms. The fourth-order valence-electron chi connectivity index (χ4n) is 0.248. The molecule has 0 atom stereocenters. The minimum Gasteiger partial charge on any atom is -0.291 e. The van der Waals surface area contributed by atoms with Crippen molar-refractivity contribution in [3.05, 3.63) is 12.2 Å². The molecule has 0 aromatic rings. The Morgan fingerprint density at radius 2 is 1.30 bits per heavy atom. The lowest BCUT2D eigenvalue weighted by atomic mass is 10.4. The molecule has 6 heteroatoms. The summed E-state index contributed by atoms with van der Waals surface area (Å²) in [5, 5.41) is 0. The van der Waals surface area contributed by atoms with Gasteiger partial charge >= 0.3 is 0 Å². The molecule has 0 aliphatic carbocycles. The second-order valence-electron chi connectivity index (χ2n) is 1.35. The Hall–Kier alpha value is -1.40. The molecule has 0 saturated carbocycles. The fraction of sp³-hybridized carbons (Fsp3) is 0. The first-order valence-electron chi connectivity index (χ1n) is 2.40. The van der Waals surface area contributed by atoms with Gasteiger partial charge in [-0.3, -0.25) is 20.4 Å². The Morgan fingerprint density at radius 1 is 1.00 bits per heavy atom. The van der Waals surface area contributed by atoms with Gasteiger partial charge in [-0.15, -0.1) is 0 Å². The Labute approximate surface area is 57.2 Å². The zero-order valence-electron chi connectivity index (χ0n) is 5.13. The van der Waals surface area contributed by atoms with Gasteiger partial charge in [-0.2, -0.15) is 0 Å². The number of nitrogens with one attached hydrogen (secondary N) is 2. The summed E-state index contributed by atoms with van der Waals surface area (Å²) in [6.45, 7) is 0. The van der Waals surface area contributed by atoms with Crippen LogP contribution in [0.15, 0.2) is 12.2 Å². The van der Waals surface area contributed by atoms with Crippen LogP contribution >= 0.6 is 0 Å². The van der Waals surface area contributed by atoms with Crippen molar-refractivity contribution in [1.82, 2.24) is 10.9 Å². The van der Waals surface area contributed by atoms with Crippen LogP contribution in [-0.4, -0.2) is 11.8 Å². The molecule has 0 rings (SSSR count). The molecule has 6 nitrogen and oxygen atoms in total. The highest BCUT2D eigenvalue weighted by molar-refractivity contribution is 5.96. The maximum absolute atomic E-state index is 10.3. The molecular weight excluding hydrogens is 136 g/mol. The van der Waals surface area contributed by atoms with Crippen LogP contribution in [0.4, 0.5) is 0 Å². The third kappa shape index (κ3) is 3.58. The van der Waals surface area contributed by atoms with Crippen LogP contribution in [0, 0.1) is 0 Å². The first kappa shape index (κ1) is 8.60. The lowest BCUT2D eigenvalue weighted by Gasteiger charge is -1.89. The van der Waals surface area contributed by atoms with E-state index in [0.29, 0.717) is 0 Å². The molecule has 0 saturated heterocycles. The number of hydrogen-bond donors (Lipinski definition) is 4. The van der Waals surface area contributed by atoms with Gasteiger partial charge in [0, 0.05) is 12.2 Å². The van der Waals surface area contributed by atoms with Crippen molar-refractivity contribution in [2.24, 2.45) is 11.7 Å². The number of carbonyl (C=O) groups excluding carboxylic acids is 2. The monoisotopic (exact) mass is 144 g/mol. The van der Waals surface area contributed by atoms with E-state index in [1.165, 1.54) is 0 Å². The van der Waals surface area contributed by atoms with Crippen LogP contribution in [0.1, 0.15) is 0 Å². The Kier molecular flexibility index (Phi) is 3.85. The third-order valence-electron chi connectivity index (χ3n) is 0.671. The summed E-state index contributed by atoms with van der Waals surface area (Å²) in [5.41, 5.74) is 3.60. The molecule has 0 fully saturated rings. The average Bonchev–Trinajstić information content (AvgIpc) is 1.99. The van der Waals surface area contributed by atoms with Crippen molar-refractivity contribution in [3.8, 4) is 0 Å². The van der Waals surface area contributed by atoms with E-state index in [-0.39, 0.29) is 0 Å². The van der Waals surface area contributed by atoms with Gasteiger partial charge in [0.25, 0.3) is 11.8 Å². The molecule has 0 aliphatic heterocycles. The van der Waals surface area contributed by atoms with E-state index in [1.54, 1.807) is 10.9 Å². The van der Waals surface area contributed by atoms with Crippen LogP contribution in [0.3, 0.4) is 0 Å². The molecular formula is C4H8N4O2. The van der Waals surface area contributed by atoms with E-state index >= 15 is 0 Å². The van der Waals surface area contributed by atoms with Crippen LogP contribution in [-0.2, 0) is 9.59 Å². The van der Waals surface area contributed by atoms with Gasteiger partial charge in [0.1, 0.15) is 0 Å². The van der Waals surface area contributed by atoms with Crippen molar-refractivity contribution >= 4 is 11.8 Å². The molecule has 2 amide bonds. The van der Waals surface area contributed by atoms with Crippen LogP contribution < -0.4 is 22.5 Å². The molecule has 0 radical (unpaired) electrons. The van der Waals surface area contributed by atoms with Crippen LogP contribution in [0.5, 0.6) is 0 Å². The predicted octanol–water partition coefficient (Wildman–Crippen LogP) is -2.48. The topological polar surface area (TPSA) is 110 Å². The lowest BCUT2D eigenvalue weighted by molar-refractivity contribution is -0.118. The molecule has 56 valence electrons. The molecule has 6 N–H and O–H groups in total. The van der Waals surface area contributed by atoms with Crippen molar-refractivity contribution in [3.63, 3.8) is 0 Å². The van der Waals surface area contributed by atoms with Gasteiger partial charge in [0.15, 0.2) is 0 Å². The quantitative estimate of drug-likeness (QED) is 0.149. The highest BCUT2D eigenvalue weighted by atomic mass is 16.2. The van der Waals surface area contributed by atoms with Gasteiger partial charge in [-0.1, -0.05) is 0 Å². The molecule has 0 spiro atoms. The summed E-state index contributed by atoms with van der Waals surface area (Å²) in [6.07, 6.45) is 1.92. The van der Waals surface area contributed by atoms with E-state index in [4.69, 9.17) is 0 Å². The van der Waals surface area contributed by atoms with Crippen LogP contribution in [0.25, 0.3) is 0 Å². The largest absolute Gasteiger partial charge is 0.291 e. The van der Waals surface area contributed by atoms with E-state index in [0.717, 1.165) is 12.2 Å². The van der Waals surface area contributed by atoms with Crippen molar-refractivity contribution < 1.29 is 9.59 Å². The predicted molar refractivity (Wildman–Crippen MR) is 33.8 cm³/mol. The van der Waals surface area contributed by atoms with Gasteiger partial charge in [-0.25, -0.2) is 11.7 Å². The number of rotatable bonds is 2. The first-order chi connectivity index (χ1) is 4.70. The number of amides is 2. The third-order valence-corrected chi connectivity index (χ3v) is 0.671. The number of carbonyl (C=O) groups is 2. The van der Waals surface area contributed by atoms with Gasteiger partial charge in [0.05, 0.1) is 0 Å². The minimum absolute atomic E-state index is 0.566. The number of hydrogen-bond acceptors (Lipinski definition) is 4. The van der Waals surface area contributed by atoms with Crippen molar-refractivity contribution in [2.75, 3.05) is 0 Å². The number of nitrogens with two attached hydrogens (primary N) is 2. The maximum Gasteiger partial charge on any atom is 0.258 e. The van der Waals surface area contributed by atoms with Gasteiger partial charge in [0.2, 0.25) is 0 Å². The Morgan fingerprint density at radius 3 is 1.50 bits per heavy atom. The van der Waals surface area contributed by atoms with E-state index < -0.39 is 11.8 Å². The minimum atomic E-state index is -0.566. The summed E-state index contributed by atoms with van der Waals surface area (Å²) in [5.74, 6) is 8.24. The van der Waals surface area contributed by atoms with E-state index in [9.17, 15) is 9.59 Å². The smallest absolute Gasteiger partial charge is 0.258 e. The highest BCUT2D eigenvalue weighted by Crippen LogP contribution is 1.70. The number of hydrazine groups is 2. The second kappa shape index (κ2) is 4.48. The summed E-state index contributed by atoms with van der Waals surface area (Å²) in [7, 11) is 0. The second-order valence-corrected chi connectivity index (χ2v) is 1.35. The Balaban J connectivity index is 3.75. The highest BCUT2D eigenvalue weighted by Gasteiger charge is 1.91. The summed E-state index contributed by atoms with van der Waals surface area (Å²) >= 11 is 0. The standard InChI is InChI=1S/C4H8N4O2/c5-7-3(9)1-2-4(10)8-6/h1-2H,5-6H2,(H,7,9)(H,8,10)/b2-1+. The van der Waals surface area contributed by atoms with Crippen molar-refractivity contribution in [1.29, 1.82) is 0 Å². The lowest BCUT2D eigenvalue weighted by Crippen LogP contribution is -2.30. The summed E-state index contributed by atoms with van der Waals surface area (Å²) in [6, 6.07) is 0.